The fraction of sp³-hybridized carbons (Fsp3) is 0.467. The van der Waals surface area contributed by atoms with Crippen LogP contribution in [-0.4, -0.2) is 52.5 Å². The van der Waals surface area contributed by atoms with E-state index in [1.54, 1.807) is 16.7 Å². The number of rotatable bonds is 3. The van der Waals surface area contributed by atoms with Gasteiger partial charge in [0.05, 0.1) is 0 Å². The molecule has 2 N–H and O–H groups in total. The van der Waals surface area contributed by atoms with Gasteiger partial charge in [0.15, 0.2) is 0 Å². The van der Waals surface area contributed by atoms with Crippen LogP contribution in [0.25, 0.3) is 0 Å². The van der Waals surface area contributed by atoms with Gasteiger partial charge in [0.2, 0.25) is 5.91 Å². The number of amides is 1. The Bertz CT molecular complexity index is 564. The highest BCUT2D eigenvalue weighted by Crippen LogP contribution is 2.34. The number of nitrogens with one attached hydrogen (secondary N) is 1. The lowest BCUT2D eigenvalue weighted by atomic mass is 9.97. The number of anilines is 1. The molecule has 2 aliphatic heterocycles. The highest BCUT2D eigenvalue weighted by Gasteiger charge is 2.34. The normalized spacial score (nSPS) is 24.3. The third-order valence-electron chi connectivity index (χ3n) is 4.09. The number of carboxylic acids is 1. The predicted octanol–water partition coefficient (Wildman–Crippen LogP) is 1.61. The number of aliphatic carboxylic acids is 1. The van der Waals surface area contributed by atoms with E-state index in [0.717, 1.165) is 23.5 Å². The van der Waals surface area contributed by atoms with Gasteiger partial charge in [-0.1, -0.05) is 18.2 Å². The van der Waals surface area contributed by atoms with Crippen LogP contribution in [0, 0.1) is 0 Å². The lowest BCUT2D eigenvalue weighted by Crippen LogP contribution is -2.50. The maximum Gasteiger partial charge on any atom is 0.327 e. The van der Waals surface area contributed by atoms with Crippen molar-refractivity contribution in [3.8, 4) is 0 Å². The van der Waals surface area contributed by atoms with Gasteiger partial charge in [-0.05, 0) is 11.6 Å². The zero-order valence-electron chi connectivity index (χ0n) is 11.6. The SMILES string of the molecule is O=C(O)C1CSCCN1C(=O)CC1CNc2ccccc21. The lowest BCUT2D eigenvalue weighted by Gasteiger charge is -2.33. The topological polar surface area (TPSA) is 69.6 Å². The molecule has 0 radical (unpaired) electrons. The first-order chi connectivity index (χ1) is 10.2. The maximum atomic E-state index is 12.5. The lowest BCUT2D eigenvalue weighted by molar-refractivity contribution is -0.149. The van der Waals surface area contributed by atoms with E-state index in [2.05, 4.69) is 5.32 Å². The van der Waals surface area contributed by atoms with Crippen molar-refractivity contribution in [3.05, 3.63) is 29.8 Å². The van der Waals surface area contributed by atoms with Crippen LogP contribution in [0.1, 0.15) is 17.9 Å². The van der Waals surface area contributed by atoms with Gasteiger partial charge < -0.3 is 15.3 Å². The van der Waals surface area contributed by atoms with Crippen LogP contribution in [-0.2, 0) is 9.59 Å². The quantitative estimate of drug-likeness (QED) is 0.888. The second kappa shape index (κ2) is 5.97. The fourth-order valence-electron chi connectivity index (χ4n) is 2.97. The molecule has 0 saturated carbocycles. The van der Waals surface area contributed by atoms with Gasteiger partial charge in [0, 0.05) is 42.6 Å². The van der Waals surface area contributed by atoms with Crippen LogP contribution in [0.5, 0.6) is 0 Å². The molecular formula is C15H18N2O3S. The van der Waals surface area contributed by atoms with Crippen molar-refractivity contribution < 1.29 is 14.7 Å². The Kier molecular flexibility index (Phi) is 4.05. The van der Waals surface area contributed by atoms with Crippen LogP contribution in [0.15, 0.2) is 24.3 Å². The third-order valence-corrected chi connectivity index (χ3v) is 5.12. The smallest absolute Gasteiger partial charge is 0.327 e. The molecular weight excluding hydrogens is 288 g/mol. The third kappa shape index (κ3) is 2.85. The van der Waals surface area contributed by atoms with E-state index in [4.69, 9.17) is 0 Å². The summed E-state index contributed by atoms with van der Waals surface area (Å²) in [6.07, 6.45) is 0.373. The van der Waals surface area contributed by atoms with E-state index < -0.39 is 12.0 Å². The molecule has 1 amide bonds. The Labute approximate surface area is 127 Å². The molecule has 6 heteroatoms. The monoisotopic (exact) mass is 306 g/mol. The van der Waals surface area contributed by atoms with E-state index in [0.29, 0.717) is 18.7 Å². The van der Waals surface area contributed by atoms with Crippen LogP contribution < -0.4 is 5.32 Å². The molecule has 0 bridgehead atoms. The molecule has 2 unspecified atom stereocenters. The molecule has 5 nitrogen and oxygen atoms in total. The maximum absolute atomic E-state index is 12.5. The number of hydrogen-bond acceptors (Lipinski definition) is 4. The molecule has 3 rings (SSSR count). The van der Waals surface area contributed by atoms with Gasteiger partial charge in [0.25, 0.3) is 0 Å². The number of thioether (sulfide) groups is 1. The number of carbonyl (C=O) groups is 2. The number of carboxylic acid groups (broad SMARTS) is 1. The van der Waals surface area contributed by atoms with E-state index in [9.17, 15) is 14.7 Å². The second-order valence-electron chi connectivity index (χ2n) is 5.39. The summed E-state index contributed by atoms with van der Waals surface area (Å²) in [5, 5.41) is 12.6. The highest BCUT2D eigenvalue weighted by atomic mass is 32.2. The average molecular weight is 306 g/mol. The molecule has 0 spiro atoms. The van der Waals surface area contributed by atoms with Crippen molar-refractivity contribution >= 4 is 29.3 Å². The fourth-order valence-corrected chi connectivity index (χ4v) is 4.01. The Morgan fingerprint density at radius 1 is 1.38 bits per heavy atom. The highest BCUT2D eigenvalue weighted by molar-refractivity contribution is 7.99. The van der Waals surface area contributed by atoms with Crippen molar-refractivity contribution in [2.24, 2.45) is 0 Å². The summed E-state index contributed by atoms with van der Waals surface area (Å²) in [6.45, 7) is 1.27. The summed E-state index contributed by atoms with van der Waals surface area (Å²) in [6, 6.07) is 7.31. The Morgan fingerprint density at radius 3 is 3.00 bits per heavy atom. The van der Waals surface area contributed by atoms with Crippen molar-refractivity contribution in [1.82, 2.24) is 4.90 Å². The molecule has 2 heterocycles. The molecule has 1 saturated heterocycles. The number of carbonyl (C=O) groups excluding carboxylic acids is 1. The molecule has 2 atom stereocenters. The number of para-hydroxylation sites is 1. The predicted molar refractivity (Wildman–Crippen MR) is 82.8 cm³/mol. The van der Waals surface area contributed by atoms with Crippen molar-refractivity contribution in [2.45, 2.75) is 18.4 Å². The van der Waals surface area contributed by atoms with Crippen LogP contribution in [0.4, 0.5) is 5.69 Å². The summed E-state index contributed by atoms with van der Waals surface area (Å²) in [5.41, 5.74) is 2.24. The van der Waals surface area contributed by atoms with Crippen molar-refractivity contribution in [3.63, 3.8) is 0 Å². The van der Waals surface area contributed by atoms with Crippen molar-refractivity contribution in [1.29, 1.82) is 0 Å². The van der Waals surface area contributed by atoms with Gasteiger partial charge in [-0.15, -0.1) is 0 Å². The first kappa shape index (κ1) is 14.3. The number of benzene rings is 1. The first-order valence-electron chi connectivity index (χ1n) is 7.09. The zero-order chi connectivity index (χ0) is 14.8. The van der Waals surface area contributed by atoms with Gasteiger partial charge in [-0.3, -0.25) is 4.79 Å². The molecule has 2 aliphatic rings. The minimum Gasteiger partial charge on any atom is -0.480 e. The van der Waals surface area contributed by atoms with E-state index in [1.165, 1.54) is 0 Å². The van der Waals surface area contributed by atoms with Crippen LogP contribution >= 0.6 is 11.8 Å². The standard InChI is InChI=1S/C15H18N2O3S/c18-14(17-5-6-21-9-13(17)15(19)20)7-10-8-16-12-4-2-1-3-11(10)12/h1-4,10,13,16H,5-9H2,(H,19,20). The van der Waals surface area contributed by atoms with E-state index >= 15 is 0 Å². The second-order valence-corrected chi connectivity index (χ2v) is 6.54. The minimum absolute atomic E-state index is 0.0498. The number of hydrogen-bond donors (Lipinski definition) is 2. The average Bonchev–Trinajstić information content (AvgIpc) is 2.90. The van der Waals surface area contributed by atoms with Gasteiger partial charge in [-0.2, -0.15) is 11.8 Å². The van der Waals surface area contributed by atoms with Crippen LogP contribution in [0.3, 0.4) is 0 Å². The Balaban J connectivity index is 1.70. The summed E-state index contributed by atoms with van der Waals surface area (Å²) in [5.74, 6) is 0.486. The largest absolute Gasteiger partial charge is 0.480 e. The molecule has 1 aromatic carbocycles. The molecule has 1 aromatic rings. The first-order valence-corrected chi connectivity index (χ1v) is 8.25. The summed E-state index contributed by atoms with van der Waals surface area (Å²) >= 11 is 1.60. The van der Waals surface area contributed by atoms with Crippen molar-refractivity contribution in [2.75, 3.05) is 29.9 Å². The summed E-state index contributed by atoms with van der Waals surface area (Å²) in [7, 11) is 0. The minimum atomic E-state index is -0.902. The van der Waals surface area contributed by atoms with E-state index in [-0.39, 0.29) is 11.8 Å². The Morgan fingerprint density at radius 2 is 2.19 bits per heavy atom. The molecule has 0 aromatic heterocycles. The molecule has 1 fully saturated rings. The molecule has 21 heavy (non-hydrogen) atoms. The molecule has 112 valence electrons. The zero-order valence-corrected chi connectivity index (χ0v) is 12.4. The Hall–Kier alpha value is -1.69. The molecule has 0 aliphatic carbocycles. The number of nitrogens with zero attached hydrogens (tertiary/aromatic N) is 1. The van der Waals surface area contributed by atoms with E-state index in [1.807, 2.05) is 24.3 Å². The van der Waals surface area contributed by atoms with Gasteiger partial charge >= 0.3 is 5.97 Å². The summed E-state index contributed by atoms with van der Waals surface area (Å²) in [4.78, 5) is 25.3. The van der Waals surface area contributed by atoms with Gasteiger partial charge in [0.1, 0.15) is 6.04 Å². The van der Waals surface area contributed by atoms with Gasteiger partial charge in [-0.25, -0.2) is 4.79 Å². The van der Waals surface area contributed by atoms with Crippen LogP contribution in [0.2, 0.25) is 0 Å². The summed E-state index contributed by atoms with van der Waals surface area (Å²) < 4.78 is 0. The number of fused-ring (bicyclic) bond motifs is 1.